The van der Waals surface area contributed by atoms with Crippen LogP contribution in [0.5, 0.6) is 0 Å². The molecule has 2 aromatic carbocycles. The Kier molecular flexibility index (Phi) is 6.03. The number of anilines is 1. The average Bonchev–Trinajstić information content (AvgIpc) is 2.98. The number of hydrogen-bond acceptors (Lipinski definition) is 6. The quantitative estimate of drug-likeness (QED) is 0.579. The van der Waals surface area contributed by atoms with Crippen LogP contribution < -0.4 is 5.32 Å². The summed E-state index contributed by atoms with van der Waals surface area (Å²) >= 11 is 1.35. The highest BCUT2D eigenvalue weighted by atomic mass is 32.2. The molecule has 3 rings (SSSR count). The molecule has 0 saturated heterocycles. The highest BCUT2D eigenvalue weighted by Crippen LogP contribution is 2.27. The van der Waals surface area contributed by atoms with Gasteiger partial charge in [0, 0.05) is 11.4 Å². The summed E-state index contributed by atoms with van der Waals surface area (Å²) in [5.74, 6) is -1.76. The van der Waals surface area contributed by atoms with Crippen molar-refractivity contribution in [3.8, 4) is 0 Å². The molecule has 1 aliphatic heterocycles. The van der Waals surface area contributed by atoms with Crippen LogP contribution in [-0.2, 0) is 9.53 Å². The number of carbonyl (C=O) groups excluding carboxylic acids is 4. The predicted octanol–water partition coefficient (Wildman–Crippen LogP) is 2.75. The molecule has 0 saturated carbocycles. The molecule has 1 heterocycles. The minimum absolute atomic E-state index is 0.243. The first-order valence-electron chi connectivity index (χ1n) is 8.84. The van der Waals surface area contributed by atoms with Crippen LogP contribution in [0, 0.1) is 6.92 Å². The number of fused-ring (bicyclic) bond motifs is 1. The maximum Gasteiger partial charge on any atom is 0.337 e. The van der Waals surface area contributed by atoms with E-state index in [1.807, 2.05) is 0 Å². The zero-order chi connectivity index (χ0) is 21.1. The summed E-state index contributed by atoms with van der Waals surface area (Å²) in [6, 6.07) is 10.3. The van der Waals surface area contributed by atoms with E-state index in [0.29, 0.717) is 16.8 Å². The fraction of sp³-hybridized carbons (Fsp3) is 0.238. The smallest absolute Gasteiger partial charge is 0.337 e. The molecule has 7 nitrogen and oxygen atoms in total. The molecule has 0 aromatic heterocycles. The van der Waals surface area contributed by atoms with Crippen LogP contribution in [-0.4, -0.2) is 53.8 Å². The number of aryl methyl sites for hydroxylation is 1. The monoisotopic (exact) mass is 412 g/mol. The van der Waals surface area contributed by atoms with Crippen LogP contribution >= 0.6 is 11.8 Å². The minimum Gasteiger partial charge on any atom is -0.465 e. The Bertz CT molecular complexity index is 969. The molecule has 29 heavy (non-hydrogen) atoms. The van der Waals surface area contributed by atoms with Gasteiger partial charge in [0.25, 0.3) is 11.8 Å². The van der Waals surface area contributed by atoms with Gasteiger partial charge in [0.15, 0.2) is 0 Å². The Morgan fingerprint density at radius 3 is 2.28 bits per heavy atom. The zero-order valence-electron chi connectivity index (χ0n) is 16.2. The van der Waals surface area contributed by atoms with E-state index in [1.165, 1.54) is 24.9 Å². The second kappa shape index (κ2) is 8.48. The first kappa shape index (κ1) is 20.6. The lowest BCUT2D eigenvalue weighted by Gasteiger charge is -2.25. The lowest BCUT2D eigenvalue weighted by molar-refractivity contribution is -0.119. The maximum absolute atomic E-state index is 13.0. The number of imide groups is 1. The highest BCUT2D eigenvalue weighted by molar-refractivity contribution is 7.98. The number of carbonyl (C=O) groups is 4. The van der Waals surface area contributed by atoms with Gasteiger partial charge in [-0.25, -0.2) is 4.79 Å². The molecule has 1 aliphatic rings. The number of esters is 1. The van der Waals surface area contributed by atoms with E-state index in [4.69, 9.17) is 4.74 Å². The van der Waals surface area contributed by atoms with Crippen LogP contribution in [0.25, 0.3) is 0 Å². The summed E-state index contributed by atoms with van der Waals surface area (Å²) in [6.45, 7) is 1.78. The van der Waals surface area contributed by atoms with E-state index in [0.717, 1.165) is 10.5 Å². The standard InChI is InChI=1S/C21H20N2O5S/c1-12-8-9-13(21(27)28-2)10-16(12)22-18(24)17(11-29-3)23-19(25)14-6-4-5-7-15(14)20(23)26/h4-10,17H,11H2,1-3H3,(H,22,24)/t17-/m1/s1. The summed E-state index contributed by atoms with van der Waals surface area (Å²) < 4.78 is 4.71. The molecule has 0 bridgehead atoms. The van der Waals surface area contributed by atoms with Crippen molar-refractivity contribution in [2.24, 2.45) is 0 Å². The number of benzene rings is 2. The van der Waals surface area contributed by atoms with Crippen LogP contribution in [0.1, 0.15) is 36.6 Å². The van der Waals surface area contributed by atoms with Gasteiger partial charge in [0.2, 0.25) is 5.91 Å². The molecule has 2 aromatic rings. The molecule has 0 unspecified atom stereocenters. The van der Waals surface area contributed by atoms with E-state index >= 15 is 0 Å². The van der Waals surface area contributed by atoms with Crippen molar-refractivity contribution < 1.29 is 23.9 Å². The number of ether oxygens (including phenoxy) is 1. The second-order valence-electron chi connectivity index (χ2n) is 6.51. The van der Waals surface area contributed by atoms with Crippen LogP contribution in [0.4, 0.5) is 5.69 Å². The van der Waals surface area contributed by atoms with Crippen molar-refractivity contribution >= 4 is 41.1 Å². The first-order valence-corrected chi connectivity index (χ1v) is 10.2. The van der Waals surface area contributed by atoms with Gasteiger partial charge in [-0.05, 0) is 43.0 Å². The number of nitrogens with one attached hydrogen (secondary N) is 1. The van der Waals surface area contributed by atoms with E-state index < -0.39 is 29.7 Å². The molecule has 3 amide bonds. The number of thioether (sulfide) groups is 1. The molecular weight excluding hydrogens is 392 g/mol. The van der Waals surface area contributed by atoms with Gasteiger partial charge in [0.05, 0.1) is 23.8 Å². The van der Waals surface area contributed by atoms with E-state index in [9.17, 15) is 19.2 Å². The number of amides is 3. The van der Waals surface area contributed by atoms with Crippen molar-refractivity contribution in [2.45, 2.75) is 13.0 Å². The van der Waals surface area contributed by atoms with E-state index in [2.05, 4.69) is 5.32 Å². The number of rotatable bonds is 6. The number of nitrogens with zero attached hydrogens (tertiary/aromatic N) is 1. The van der Waals surface area contributed by atoms with Crippen molar-refractivity contribution in [1.29, 1.82) is 0 Å². The first-order chi connectivity index (χ1) is 13.9. The van der Waals surface area contributed by atoms with E-state index in [-0.39, 0.29) is 11.3 Å². The molecule has 0 fully saturated rings. The Morgan fingerprint density at radius 2 is 1.72 bits per heavy atom. The predicted molar refractivity (Wildman–Crippen MR) is 110 cm³/mol. The third-order valence-electron chi connectivity index (χ3n) is 4.68. The third kappa shape index (κ3) is 3.88. The Labute approximate surface area is 172 Å². The lowest BCUT2D eigenvalue weighted by atomic mass is 10.1. The molecule has 0 aliphatic carbocycles. The number of methoxy groups -OCH3 is 1. The summed E-state index contributed by atoms with van der Waals surface area (Å²) in [7, 11) is 1.28. The van der Waals surface area contributed by atoms with Crippen LogP contribution in [0.3, 0.4) is 0 Å². The highest BCUT2D eigenvalue weighted by Gasteiger charge is 2.42. The topological polar surface area (TPSA) is 92.8 Å². The van der Waals surface area contributed by atoms with Crippen molar-refractivity contribution in [3.63, 3.8) is 0 Å². The molecule has 8 heteroatoms. The molecular formula is C21H20N2O5S. The van der Waals surface area contributed by atoms with Gasteiger partial charge >= 0.3 is 5.97 Å². The van der Waals surface area contributed by atoms with Crippen molar-refractivity contribution in [2.75, 3.05) is 24.4 Å². The van der Waals surface area contributed by atoms with Gasteiger partial charge in [-0.1, -0.05) is 18.2 Å². The average molecular weight is 412 g/mol. The Balaban J connectivity index is 1.89. The molecule has 0 radical (unpaired) electrons. The zero-order valence-corrected chi connectivity index (χ0v) is 17.0. The SMILES string of the molecule is COC(=O)c1ccc(C)c(NC(=O)[C@@H](CSC)N2C(=O)c3ccccc3C2=O)c1. The normalized spacial score (nSPS) is 13.8. The maximum atomic E-state index is 13.0. The Morgan fingerprint density at radius 1 is 1.10 bits per heavy atom. The lowest BCUT2D eigenvalue weighted by Crippen LogP contribution is -2.48. The fourth-order valence-corrected chi connectivity index (χ4v) is 3.75. The van der Waals surface area contributed by atoms with Gasteiger partial charge in [-0.3, -0.25) is 19.3 Å². The molecule has 150 valence electrons. The molecule has 1 N–H and O–H groups in total. The summed E-state index contributed by atoms with van der Waals surface area (Å²) in [5.41, 5.74) is 2.02. The largest absolute Gasteiger partial charge is 0.465 e. The molecule has 1 atom stereocenters. The summed E-state index contributed by atoms with van der Waals surface area (Å²) in [5, 5.41) is 2.75. The summed E-state index contributed by atoms with van der Waals surface area (Å²) in [4.78, 5) is 51.4. The van der Waals surface area contributed by atoms with Gasteiger partial charge < -0.3 is 10.1 Å². The van der Waals surface area contributed by atoms with Crippen molar-refractivity contribution in [1.82, 2.24) is 4.90 Å². The van der Waals surface area contributed by atoms with E-state index in [1.54, 1.807) is 49.6 Å². The Hall–Kier alpha value is -3.13. The minimum atomic E-state index is -0.987. The third-order valence-corrected chi connectivity index (χ3v) is 5.33. The second-order valence-corrected chi connectivity index (χ2v) is 7.42. The van der Waals surface area contributed by atoms with Crippen LogP contribution in [0.2, 0.25) is 0 Å². The van der Waals surface area contributed by atoms with Crippen LogP contribution in [0.15, 0.2) is 42.5 Å². The van der Waals surface area contributed by atoms with Gasteiger partial charge in [0.1, 0.15) is 6.04 Å². The number of hydrogen-bond donors (Lipinski definition) is 1. The van der Waals surface area contributed by atoms with Gasteiger partial charge in [-0.15, -0.1) is 0 Å². The van der Waals surface area contributed by atoms with Gasteiger partial charge in [-0.2, -0.15) is 11.8 Å². The summed E-state index contributed by atoms with van der Waals surface area (Å²) in [6.07, 6.45) is 1.79. The fourth-order valence-electron chi connectivity index (χ4n) is 3.13. The van der Waals surface area contributed by atoms with Crippen molar-refractivity contribution in [3.05, 3.63) is 64.7 Å². The molecule has 0 spiro atoms.